The Labute approximate surface area is 132 Å². The first kappa shape index (κ1) is 14.7. The number of hydrogen-bond donors (Lipinski definition) is 1. The summed E-state index contributed by atoms with van der Waals surface area (Å²) in [6.07, 6.45) is 1.53. The summed E-state index contributed by atoms with van der Waals surface area (Å²) in [6.45, 7) is 0.448. The number of amides is 1. The fourth-order valence-electron chi connectivity index (χ4n) is 2.84. The van der Waals surface area contributed by atoms with Crippen LogP contribution in [0.4, 0.5) is 0 Å². The number of aryl methyl sites for hydroxylation is 1. The second-order valence-corrected chi connectivity index (χ2v) is 5.98. The molecule has 0 saturated carbocycles. The third-order valence-electron chi connectivity index (χ3n) is 3.92. The number of rotatable bonds is 4. The van der Waals surface area contributed by atoms with E-state index in [4.69, 9.17) is 0 Å². The Morgan fingerprint density at radius 3 is 2.91 bits per heavy atom. The minimum absolute atomic E-state index is 0.130. The van der Waals surface area contributed by atoms with E-state index in [9.17, 15) is 14.7 Å². The molecule has 0 aliphatic carbocycles. The highest BCUT2D eigenvalue weighted by atomic mass is 32.1. The molecule has 1 aromatic carbocycles. The van der Waals surface area contributed by atoms with Crippen LogP contribution in [0, 0.1) is 0 Å². The highest BCUT2D eigenvalue weighted by molar-refractivity contribution is 7.07. The summed E-state index contributed by atoms with van der Waals surface area (Å²) in [5, 5.41) is 11.5. The zero-order valence-electron chi connectivity index (χ0n) is 11.9. The molecule has 2 aromatic rings. The van der Waals surface area contributed by atoms with Crippen molar-refractivity contribution in [2.45, 2.75) is 25.3 Å². The first-order valence-corrected chi connectivity index (χ1v) is 8.08. The van der Waals surface area contributed by atoms with Crippen molar-refractivity contribution in [1.82, 2.24) is 9.88 Å². The van der Waals surface area contributed by atoms with Gasteiger partial charge in [-0.15, -0.1) is 11.3 Å². The lowest BCUT2D eigenvalue weighted by Gasteiger charge is -2.34. The molecule has 0 fully saturated rings. The molecule has 6 heteroatoms. The van der Waals surface area contributed by atoms with Gasteiger partial charge in [-0.1, -0.05) is 24.3 Å². The average molecular weight is 316 g/mol. The summed E-state index contributed by atoms with van der Waals surface area (Å²) in [5.41, 5.74) is 4.35. The molecule has 0 spiro atoms. The van der Waals surface area contributed by atoms with Crippen molar-refractivity contribution in [2.24, 2.45) is 0 Å². The fourth-order valence-corrected chi connectivity index (χ4v) is 3.43. The smallest absolute Gasteiger partial charge is 0.331 e. The standard InChI is InChI=1S/C16H16N2O3S/c19-14(6-5-12-9-22-10-17-12)18-8-7-11-3-1-2-4-13(11)15(18)16(20)21/h1-4,9-10,15H,5-8H2,(H,20,21)/t15-/m1/s1. The minimum Gasteiger partial charge on any atom is -0.479 e. The van der Waals surface area contributed by atoms with Crippen LogP contribution >= 0.6 is 11.3 Å². The van der Waals surface area contributed by atoms with E-state index in [2.05, 4.69) is 4.98 Å². The molecular formula is C16H16N2O3S. The molecule has 1 aliphatic heterocycles. The van der Waals surface area contributed by atoms with E-state index in [0.717, 1.165) is 16.8 Å². The van der Waals surface area contributed by atoms with Crippen molar-refractivity contribution in [1.29, 1.82) is 0 Å². The lowest BCUT2D eigenvalue weighted by atomic mass is 9.92. The second-order valence-electron chi connectivity index (χ2n) is 5.26. The molecule has 114 valence electrons. The average Bonchev–Trinajstić information content (AvgIpc) is 3.04. The lowest BCUT2D eigenvalue weighted by Crippen LogP contribution is -2.43. The van der Waals surface area contributed by atoms with Crippen molar-refractivity contribution < 1.29 is 14.7 Å². The monoisotopic (exact) mass is 316 g/mol. The quantitative estimate of drug-likeness (QED) is 0.939. The molecular weight excluding hydrogens is 300 g/mol. The summed E-state index contributed by atoms with van der Waals surface area (Å²) in [7, 11) is 0. The maximum absolute atomic E-state index is 12.5. The Morgan fingerprint density at radius 2 is 2.18 bits per heavy atom. The van der Waals surface area contributed by atoms with Gasteiger partial charge in [-0.2, -0.15) is 0 Å². The van der Waals surface area contributed by atoms with Gasteiger partial charge >= 0.3 is 5.97 Å². The van der Waals surface area contributed by atoms with Crippen LogP contribution < -0.4 is 0 Å². The number of aliphatic carboxylic acids is 1. The van der Waals surface area contributed by atoms with Gasteiger partial charge < -0.3 is 10.0 Å². The number of carboxylic acid groups (broad SMARTS) is 1. The van der Waals surface area contributed by atoms with Crippen molar-refractivity contribution in [3.8, 4) is 0 Å². The van der Waals surface area contributed by atoms with Gasteiger partial charge in [0, 0.05) is 18.3 Å². The highest BCUT2D eigenvalue weighted by Gasteiger charge is 2.35. The van der Waals surface area contributed by atoms with Crippen LogP contribution in [0.2, 0.25) is 0 Å². The van der Waals surface area contributed by atoms with Gasteiger partial charge in [0.15, 0.2) is 6.04 Å². The van der Waals surface area contributed by atoms with E-state index in [1.165, 1.54) is 16.2 Å². The molecule has 0 radical (unpaired) electrons. The zero-order valence-corrected chi connectivity index (χ0v) is 12.8. The van der Waals surface area contributed by atoms with Gasteiger partial charge in [-0.05, 0) is 24.0 Å². The van der Waals surface area contributed by atoms with Crippen molar-refractivity contribution in [3.63, 3.8) is 0 Å². The Bertz CT molecular complexity index is 684. The van der Waals surface area contributed by atoms with Crippen LogP contribution in [0.3, 0.4) is 0 Å². The molecule has 0 unspecified atom stereocenters. The van der Waals surface area contributed by atoms with Crippen molar-refractivity contribution >= 4 is 23.2 Å². The molecule has 1 N–H and O–H groups in total. The number of fused-ring (bicyclic) bond motifs is 1. The molecule has 5 nitrogen and oxygen atoms in total. The maximum Gasteiger partial charge on any atom is 0.331 e. The Morgan fingerprint density at radius 1 is 1.36 bits per heavy atom. The molecule has 22 heavy (non-hydrogen) atoms. The van der Waals surface area contributed by atoms with E-state index >= 15 is 0 Å². The van der Waals surface area contributed by atoms with Gasteiger partial charge in [-0.25, -0.2) is 9.78 Å². The molecule has 0 saturated heterocycles. The number of aromatic nitrogens is 1. The van der Waals surface area contributed by atoms with E-state index in [0.29, 0.717) is 19.4 Å². The first-order chi connectivity index (χ1) is 10.7. The van der Waals surface area contributed by atoms with Gasteiger partial charge in [0.25, 0.3) is 0 Å². The molecule has 2 heterocycles. The maximum atomic E-state index is 12.5. The number of carboxylic acids is 1. The molecule has 1 aromatic heterocycles. The van der Waals surface area contributed by atoms with Crippen molar-refractivity contribution in [2.75, 3.05) is 6.54 Å². The summed E-state index contributed by atoms with van der Waals surface area (Å²) < 4.78 is 0. The Hall–Kier alpha value is -2.21. The Balaban J connectivity index is 1.78. The predicted octanol–water partition coefficient (Wildman–Crippen LogP) is 2.29. The van der Waals surface area contributed by atoms with Crippen LogP contribution in [0.5, 0.6) is 0 Å². The lowest BCUT2D eigenvalue weighted by molar-refractivity contribution is -0.151. The normalized spacial score (nSPS) is 17.1. The molecule has 1 atom stereocenters. The summed E-state index contributed by atoms with van der Waals surface area (Å²) in [6, 6.07) is 6.57. The second kappa shape index (κ2) is 6.27. The van der Waals surface area contributed by atoms with Crippen LogP contribution in [0.25, 0.3) is 0 Å². The largest absolute Gasteiger partial charge is 0.479 e. The van der Waals surface area contributed by atoms with Crippen LogP contribution in [0.1, 0.15) is 29.3 Å². The van der Waals surface area contributed by atoms with Gasteiger partial charge in [0.2, 0.25) is 5.91 Å². The SMILES string of the molecule is O=C(O)[C@H]1c2ccccc2CCN1C(=O)CCc1cscn1. The molecule has 1 amide bonds. The third kappa shape index (κ3) is 2.87. The predicted molar refractivity (Wildman–Crippen MR) is 82.7 cm³/mol. The molecule has 3 rings (SSSR count). The summed E-state index contributed by atoms with van der Waals surface area (Å²) >= 11 is 1.49. The Kier molecular flexibility index (Phi) is 4.20. The number of carbonyl (C=O) groups excluding carboxylic acids is 1. The highest BCUT2D eigenvalue weighted by Crippen LogP contribution is 2.30. The van der Waals surface area contributed by atoms with Crippen LogP contribution in [0.15, 0.2) is 35.2 Å². The summed E-state index contributed by atoms with van der Waals surface area (Å²) in [4.78, 5) is 29.8. The molecule has 0 bridgehead atoms. The summed E-state index contributed by atoms with van der Waals surface area (Å²) in [5.74, 6) is -1.11. The fraction of sp³-hybridized carbons (Fsp3) is 0.312. The first-order valence-electron chi connectivity index (χ1n) is 7.14. The molecule has 1 aliphatic rings. The van der Waals surface area contributed by atoms with E-state index in [1.54, 1.807) is 11.6 Å². The third-order valence-corrected chi connectivity index (χ3v) is 4.55. The number of carbonyl (C=O) groups is 2. The van der Waals surface area contributed by atoms with Gasteiger partial charge in [-0.3, -0.25) is 4.79 Å². The van der Waals surface area contributed by atoms with Crippen molar-refractivity contribution in [3.05, 3.63) is 52.0 Å². The van der Waals surface area contributed by atoms with E-state index in [-0.39, 0.29) is 12.3 Å². The van der Waals surface area contributed by atoms with Gasteiger partial charge in [0.1, 0.15) is 0 Å². The van der Waals surface area contributed by atoms with E-state index < -0.39 is 12.0 Å². The van der Waals surface area contributed by atoms with E-state index in [1.807, 2.05) is 23.6 Å². The zero-order chi connectivity index (χ0) is 15.5. The van der Waals surface area contributed by atoms with Gasteiger partial charge in [0.05, 0.1) is 11.2 Å². The number of benzene rings is 1. The topological polar surface area (TPSA) is 70.5 Å². The number of nitrogens with zero attached hydrogens (tertiary/aromatic N) is 2. The number of hydrogen-bond acceptors (Lipinski definition) is 4. The van der Waals surface area contributed by atoms with Crippen LogP contribution in [-0.2, 0) is 22.4 Å². The van der Waals surface area contributed by atoms with Crippen LogP contribution in [-0.4, -0.2) is 33.4 Å². The minimum atomic E-state index is -0.978. The number of thiazole rings is 1.